The molecule has 0 fully saturated rings. The van der Waals surface area contributed by atoms with Crippen LogP contribution in [0.15, 0.2) is 18.2 Å². The summed E-state index contributed by atoms with van der Waals surface area (Å²) in [5.41, 5.74) is 8.48. The Balaban J connectivity index is 2.87. The van der Waals surface area contributed by atoms with E-state index >= 15 is 0 Å². The van der Waals surface area contributed by atoms with E-state index in [0.717, 1.165) is 23.1 Å². The summed E-state index contributed by atoms with van der Waals surface area (Å²) in [7, 11) is 1.64. The van der Waals surface area contributed by atoms with E-state index in [-0.39, 0.29) is 5.91 Å². The van der Waals surface area contributed by atoms with E-state index in [1.807, 2.05) is 36.9 Å². The Morgan fingerprint density at radius 1 is 1.32 bits per heavy atom. The predicted molar refractivity (Wildman–Crippen MR) is 77.4 cm³/mol. The number of hydrogen-bond donors (Lipinski definition) is 1. The van der Waals surface area contributed by atoms with E-state index in [0.29, 0.717) is 26.2 Å². The Kier molecular flexibility index (Phi) is 6.53. The second kappa shape index (κ2) is 7.92. The van der Waals surface area contributed by atoms with Gasteiger partial charge in [-0.15, -0.1) is 0 Å². The van der Waals surface area contributed by atoms with Crippen LogP contribution in [0.4, 0.5) is 0 Å². The first kappa shape index (κ1) is 15.7. The van der Waals surface area contributed by atoms with Crippen molar-refractivity contribution in [3.05, 3.63) is 34.9 Å². The van der Waals surface area contributed by atoms with Crippen LogP contribution in [0.2, 0.25) is 0 Å². The van der Waals surface area contributed by atoms with E-state index in [9.17, 15) is 4.79 Å². The minimum atomic E-state index is 0.0618. The van der Waals surface area contributed by atoms with Crippen molar-refractivity contribution in [3.8, 4) is 0 Å². The van der Waals surface area contributed by atoms with Gasteiger partial charge in [-0.3, -0.25) is 4.79 Å². The second-order valence-corrected chi connectivity index (χ2v) is 4.67. The first-order chi connectivity index (χ1) is 9.11. The summed E-state index contributed by atoms with van der Waals surface area (Å²) in [5.74, 6) is 0.0618. The third-order valence-corrected chi connectivity index (χ3v) is 3.32. The highest BCUT2D eigenvalue weighted by molar-refractivity contribution is 5.96. The number of nitrogens with two attached hydrogens (primary N) is 1. The minimum absolute atomic E-state index is 0.0618. The van der Waals surface area contributed by atoms with Gasteiger partial charge in [0.1, 0.15) is 0 Å². The lowest BCUT2D eigenvalue weighted by molar-refractivity contribution is 0.0694. The number of nitrogens with zero attached hydrogens (tertiary/aromatic N) is 1. The van der Waals surface area contributed by atoms with Crippen molar-refractivity contribution in [1.29, 1.82) is 0 Å². The number of aryl methyl sites for hydroxylation is 1. The van der Waals surface area contributed by atoms with Gasteiger partial charge in [-0.05, 0) is 44.0 Å². The Bertz CT molecular complexity index is 411. The van der Waals surface area contributed by atoms with Crippen molar-refractivity contribution in [2.24, 2.45) is 5.73 Å². The van der Waals surface area contributed by atoms with Crippen LogP contribution in [0.3, 0.4) is 0 Å². The number of carbonyl (C=O) groups excluding carboxylic acids is 1. The van der Waals surface area contributed by atoms with Crippen LogP contribution in [-0.4, -0.2) is 44.2 Å². The highest BCUT2D eigenvalue weighted by atomic mass is 16.5. The largest absolute Gasteiger partial charge is 0.383 e. The second-order valence-electron chi connectivity index (χ2n) is 4.67. The molecule has 19 heavy (non-hydrogen) atoms. The maximum atomic E-state index is 12.6. The van der Waals surface area contributed by atoms with Gasteiger partial charge in [-0.1, -0.05) is 12.1 Å². The molecule has 0 bridgehead atoms. The van der Waals surface area contributed by atoms with Crippen molar-refractivity contribution >= 4 is 5.91 Å². The SMILES string of the molecule is COCCN(CCCN)C(=O)c1cccc(C)c1C. The van der Waals surface area contributed by atoms with E-state index in [2.05, 4.69) is 0 Å². The van der Waals surface area contributed by atoms with Gasteiger partial charge in [0, 0.05) is 25.8 Å². The molecule has 0 aliphatic carbocycles. The summed E-state index contributed by atoms with van der Waals surface area (Å²) < 4.78 is 5.07. The quantitative estimate of drug-likeness (QED) is 0.816. The zero-order valence-corrected chi connectivity index (χ0v) is 12.1. The fourth-order valence-electron chi connectivity index (χ4n) is 1.95. The lowest BCUT2D eigenvalue weighted by Gasteiger charge is -2.23. The van der Waals surface area contributed by atoms with Crippen molar-refractivity contribution in [2.45, 2.75) is 20.3 Å². The van der Waals surface area contributed by atoms with Gasteiger partial charge in [0.25, 0.3) is 5.91 Å². The molecule has 1 aromatic carbocycles. The molecule has 0 saturated heterocycles. The lowest BCUT2D eigenvalue weighted by Crippen LogP contribution is -2.36. The molecule has 106 valence electrons. The molecule has 0 unspecified atom stereocenters. The third-order valence-electron chi connectivity index (χ3n) is 3.32. The van der Waals surface area contributed by atoms with Gasteiger partial charge in [-0.25, -0.2) is 0 Å². The van der Waals surface area contributed by atoms with Gasteiger partial charge in [0.2, 0.25) is 0 Å². The normalized spacial score (nSPS) is 10.5. The number of benzene rings is 1. The van der Waals surface area contributed by atoms with Crippen molar-refractivity contribution in [3.63, 3.8) is 0 Å². The van der Waals surface area contributed by atoms with Gasteiger partial charge < -0.3 is 15.4 Å². The topological polar surface area (TPSA) is 55.6 Å². The molecule has 4 nitrogen and oxygen atoms in total. The molecule has 0 aliphatic heterocycles. The van der Waals surface area contributed by atoms with Crippen molar-refractivity contribution in [2.75, 3.05) is 33.4 Å². The molecular formula is C15H24N2O2. The van der Waals surface area contributed by atoms with Gasteiger partial charge in [0.15, 0.2) is 0 Å². The molecule has 1 rings (SSSR count). The zero-order valence-electron chi connectivity index (χ0n) is 12.1. The molecule has 0 aromatic heterocycles. The number of methoxy groups -OCH3 is 1. The summed E-state index contributed by atoms with van der Waals surface area (Å²) in [5, 5.41) is 0. The van der Waals surface area contributed by atoms with Gasteiger partial charge in [0.05, 0.1) is 6.61 Å². The van der Waals surface area contributed by atoms with Crippen molar-refractivity contribution in [1.82, 2.24) is 4.90 Å². The van der Waals surface area contributed by atoms with Crippen LogP contribution in [-0.2, 0) is 4.74 Å². The van der Waals surface area contributed by atoms with E-state index in [1.165, 1.54) is 0 Å². The number of hydrogen-bond acceptors (Lipinski definition) is 3. The lowest BCUT2D eigenvalue weighted by atomic mass is 10.0. The van der Waals surface area contributed by atoms with Crippen molar-refractivity contribution < 1.29 is 9.53 Å². The first-order valence-electron chi connectivity index (χ1n) is 6.66. The van der Waals surface area contributed by atoms with Crippen LogP contribution in [0.5, 0.6) is 0 Å². The summed E-state index contributed by atoms with van der Waals surface area (Å²) in [6.07, 6.45) is 0.806. The molecule has 0 aliphatic rings. The Labute approximate surface area is 115 Å². The van der Waals surface area contributed by atoms with E-state index in [1.54, 1.807) is 7.11 Å². The Hall–Kier alpha value is -1.39. The minimum Gasteiger partial charge on any atom is -0.383 e. The smallest absolute Gasteiger partial charge is 0.254 e. The summed E-state index contributed by atoms with van der Waals surface area (Å²) >= 11 is 0. The average molecular weight is 264 g/mol. The summed E-state index contributed by atoms with van der Waals surface area (Å²) in [4.78, 5) is 14.4. The summed E-state index contributed by atoms with van der Waals surface area (Å²) in [6, 6.07) is 5.82. The molecular weight excluding hydrogens is 240 g/mol. The molecule has 2 N–H and O–H groups in total. The third kappa shape index (κ3) is 4.33. The van der Waals surface area contributed by atoms with Gasteiger partial charge >= 0.3 is 0 Å². The number of amides is 1. The molecule has 1 amide bonds. The molecule has 0 radical (unpaired) electrons. The predicted octanol–water partition coefficient (Wildman–Crippen LogP) is 1.74. The van der Waals surface area contributed by atoms with Gasteiger partial charge in [-0.2, -0.15) is 0 Å². The highest BCUT2D eigenvalue weighted by Gasteiger charge is 2.17. The fraction of sp³-hybridized carbons (Fsp3) is 0.533. The Morgan fingerprint density at radius 3 is 2.68 bits per heavy atom. The molecule has 0 spiro atoms. The molecule has 4 heteroatoms. The number of carbonyl (C=O) groups is 1. The van der Waals surface area contributed by atoms with E-state index < -0.39 is 0 Å². The first-order valence-corrected chi connectivity index (χ1v) is 6.66. The molecule has 0 saturated carbocycles. The maximum absolute atomic E-state index is 12.6. The zero-order chi connectivity index (χ0) is 14.3. The molecule has 1 aromatic rings. The standard InChI is InChI=1S/C15H24N2O2/c1-12-6-4-7-14(13(12)2)15(18)17(9-5-8-16)10-11-19-3/h4,6-7H,5,8-11,16H2,1-3H3. The van der Waals surface area contributed by atoms with Crippen LogP contribution in [0.1, 0.15) is 27.9 Å². The Morgan fingerprint density at radius 2 is 2.05 bits per heavy atom. The van der Waals surface area contributed by atoms with E-state index in [4.69, 9.17) is 10.5 Å². The average Bonchev–Trinajstić information content (AvgIpc) is 2.41. The fourth-order valence-corrected chi connectivity index (χ4v) is 1.95. The number of ether oxygens (including phenoxy) is 1. The van der Waals surface area contributed by atoms with Crippen LogP contribution in [0, 0.1) is 13.8 Å². The van der Waals surface area contributed by atoms with Crippen LogP contribution in [0.25, 0.3) is 0 Å². The van der Waals surface area contributed by atoms with Crippen LogP contribution >= 0.6 is 0 Å². The maximum Gasteiger partial charge on any atom is 0.254 e. The van der Waals surface area contributed by atoms with Crippen LogP contribution < -0.4 is 5.73 Å². The molecule has 0 atom stereocenters. The highest BCUT2D eigenvalue weighted by Crippen LogP contribution is 2.15. The monoisotopic (exact) mass is 264 g/mol. The number of rotatable bonds is 7. The summed E-state index contributed by atoms with van der Waals surface area (Å²) in [6.45, 7) is 6.41. The molecule has 0 heterocycles.